The minimum atomic E-state index is 0.201. The maximum Gasteiger partial charge on any atom is 0.223 e. The summed E-state index contributed by atoms with van der Waals surface area (Å²) in [5.41, 5.74) is 1.21. The van der Waals surface area contributed by atoms with Crippen LogP contribution in [-0.2, 0) is 4.79 Å². The average Bonchev–Trinajstić information content (AvgIpc) is 3.09. The van der Waals surface area contributed by atoms with Crippen LogP contribution in [0.5, 0.6) is 5.75 Å². The van der Waals surface area contributed by atoms with Crippen molar-refractivity contribution in [2.24, 2.45) is 11.8 Å². The Morgan fingerprint density at radius 3 is 2.96 bits per heavy atom. The van der Waals surface area contributed by atoms with Crippen LogP contribution in [0, 0.1) is 11.8 Å². The summed E-state index contributed by atoms with van der Waals surface area (Å²) in [5, 5.41) is 6.47. The van der Waals surface area contributed by atoms with Gasteiger partial charge in [-0.3, -0.25) is 4.79 Å². The van der Waals surface area contributed by atoms with E-state index in [0.29, 0.717) is 5.92 Å². The molecule has 1 amide bonds. The largest absolute Gasteiger partial charge is 0.497 e. The molecular formula is C18H27N3O2. The summed E-state index contributed by atoms with van der Waals surface area (Å²) < 4.78 is 5.30. The second kappa shape index (κ2) is 7.68. The molecular weight excluding hydrogens is 290 g/mol. The van der Waals surface area contributed by atoms with Crippen LogP contribution < -0.4 is 20.3 Å². The fourth-order valence-electron chi connectivity index (χ4n) is 3.51. The van der Waals surface area contributed by atoms with Crippen LogP contribution >= 0.6 is 0 Å². The van der Waals surface area contributed by atoms with Gasteiger partial charge >= 0.3 is 0 Å². The molecule has 2 saturated heterocycles. The van der Waals surface area contributed by atoms with Gasteiger partial charge in [0.05, 0.1) is 7.11 Å². The number of carbonyl (C=O) groups excluding carboxylic acids is 1. The Morgan fingerprint density at radius 1 is 1.35 bits per heavy atom. The summed E-state index contributed by atoms with van der Waals surface area (Å²) in [5.74, 6) is 1.87. The van der Waals surface area contributed by atoms with Gasteiger partial charge in [-0.15, -0.1) is 0 Å². The molecule has 1 atom stereocenters. The van der Waals surface area contributed by atoms with E-state index in [1.54, 1.807) is 7.11 Å². The molecule has 0 radical (unpaired) electrons. The van der Waals surface area contributed by atoms with E-state index in [1.165, 1.54) is 5.69 Å². The summed E-state index contributed by atoms with van der Waals surface area (Å²) in [6.07, 6.45) is 3.06. The van der Waals surface area contributed by atoms with E-state index in [4.69, 9.17) is 4.74 Å². The number of nitrogens with one attached hydrogen (secondary N) is 2. The molecule has 23 heavy (non-hydrogen) atoms. The highest BCUT2D eigenvalue weighted by atomic mass is 16.5. The quantitative estimate of drug-likeness (QED) is 0.867. The van der Waals surface area contributed by atoms with E-state index >= 15 is 0 Å². The molecule has 0 aliphatic carbocycles. The van der Waals surface area contributed by atoms with Crippen LogP contribution in [-0.4, -0.2) is 45.7 Å². The van der Waals surface area contributed by atoms with Crippen molar-refractivity contribution in [3.8, 4) is 5.75 Å². The summed E-state index contributed by atoms with van der Waals surface area (Å²) in [6.45, 7) is 4.76. The molecule has 2 aliphatic heterocycles. The highest BCUT2D eigenvalue weighted by molar-refractivity contribution is 5.78. The van der Waals surface area contributed by atoms with Crippen molar-refractivity contribution in [1.82, 2.24) is 10.6 Å². The molecule has 0 saturated carbocycles. The van der Waals surface area contributed by atoms with Crippen LogP contribution in [0.3, 0.4) is 0 Å². The van der Waals surface area contributed by atoms with Crippen LogP contribution in [0.1, 0.15) is 19.3 Å². The normalized spacial score (nSPS) is 22.1. The SMILES string of the molecule is COc1cccc(N2CCC(CNC(=O)C3CCNCC3)C2)c1. The molecule has 2 aliphatic rings. The van der Waals surface area contributed by atoms with Gasteiger partial charge in [-0.1, -0.05) is 6.07 Å². The van der Waals surface area contributed by atoms with E-state index in [2.05, 4.69) is 27.7 Å². The van der Waals surface area contributed by atoms with Gasteiger partial charge in [0.15, 0.2) is 0 Å². The molecule has 0 bridgehead atoms. The lowest BCUT2D eigenvalue weighted by Crippen LogP contribution is -2.40. The second-order valence-electron chi connectivity index (χ2n) is 6.57. The van der Waals surface area contributed by atoms with Crippen molar-refractivity contribution in [3.63, 3.8) is 0 Å². The molecule has 2 heterocycles. The lowest BCUT2D eigenvalue weighted by atomic mass is 9.97. The van der Waals surface area contributed by atoms with E-state index in [0.717, 1.165) is 57.7 Å². The Balaban J connectivity index is 1.46. The molecule has 126 valence electrons. The number of carbonyl (C=O) groups is 1. The third-order valence-electron chi connectivity index (χ3n) is 4.98. The zero-order valence-corrected chi connectivity index (χ0v) is 13.9. The number of ether oxygens (including phenoxy) is 1. The Kier molecular flexibility index (Phi) is 5.39. The number of rotatable bonds is 5. The van der Waals surface area contributed by atoms with E-state index in [9.17, 15) is 4.79 Å². The number of benzene rings is 1. The topological polar surface area (TPSA) is 53.6 Å². The van der Waals surface area contributed by atoms with E-state index in [-0.39, 0.29) is 11.8 Å². The predicted molar refractivity (Wildman–Crippen MR) is 91.9 cm³/mol. The molecule has 0 spiro atoms. The van der Waals surface area contributed by atoms with Gasteiger partial charge in [-0.2, -0.15) is 0 Å². The Bertz CT molecular complexity index is 529. The first kappa shape index (κ1) is 16.1. The Morgan fingerprint density at radius 2 is 2.17 bits per heavy atom. The van der Waals surface area contributed by atoms with Crippen molar-refractivity contribution in [2.45, 2.75) is 19.3 Å². The highest BCUT2D eigenvalue weighted by Crippen LogP contribution is 2.26. The number of hydrogen-bond acceptors (Lipinski definition) is 4. The van der Waals surface area contributed by atoms with Crippen LogP contribution in [0.2, 0.25) is 0 Å². The van der Waals surface area contributed by atoms with Crippen molar-refractivity contribution >= 4 is 11.6 Å². The molecule has 0 aromatic heterocycles. The number of amides is 1. The number of piperidine rings is 1. The summed E-state index contributed by atoms with van der Waals surface area (Å²) in [7, 11) is 1.70. The zero-order chi connectivity index (χ0) is 16.1. The van der Waals surface area contributed by atoms with E-state index < -0.39 is 0 Å². The minimum absolute atomic E-state index is 0.201. The van der Waals surface area contributed by atoms with Gasteiger partial charge in [0.1, 0.15) is 5.75 Å². The third kappa shape index (κ3) is 4.16. The van der Waals surface area contributed by atoms with Gasteiger partial charge in [-0.05, 0) is 50.4 Å². The van der Waals surface area contributed by atoms with Gasteiger partial charge in [-0.25, -0.2) is 0 Å². The molecule has 2 fully saturated rings. The maximum absolute atomic E-state index is 12.2. The first-order valence-electron chi connectivity index (χ1n) is 8.63. The van der Waals surface area contributed by atoms with Gasteiger partial charge in [0.25, 0.3) is 0 Å². The number of nitrogens with zero attached hydrogens (tertiary/aromatic N) is 1. The number of hydrogen-bond donors (Lipinski definition) is 2. The standard InChI is InChI=1S/C18H27N3O2/c1-23-17-4-2-3-16(11-17)21-10-7-14(13-21)12-20-18(22)15-5-8-19-9-6-15/h2-4,11,14-15,19H,5-10,12-13H2,1H3,(H,20,22). The van der Waals surface area contributed by atoms with E-state index in [1.807, 2.05) is 12.1 Å². The molecule has 3 rings (SSSR count). The van der Waals surface area contributed by atoms with Crippen molar-refractivity contribution < 1.29 is 9.53 Å². The highest BCUT2D eigenvalue weighted by Gasteiger charge is 2.25. The smallest absolute Gasteiger partial charge is 0.223 e. The summed E-state index contributed by atoms with van der Waals surface area (Å²) >= 11 is 0. The predicted octanol–water partition coefficient (Wildman–Crippen LogP) is 1.64. The molecule has 5 nitrogen and oxygen atoms in total. The van der Waals surface area contributed by atoms with Crippen molar-refractivity contribution in [2.75, 3.05) is 44.7 Å². The Labute approximate surface area is 138 Å². The van der Waals surface area contributed by atoms with Gasteiger partial charge in [0.2, 0.25) is 5.91 Å². The van der Waals surface area contributed by atoms with Crippen LogP contribution in [0.4, 0.5) is 5.69 Å². The van der Waals surface area contributed by atoms with Crippen molar-refractivity contribution in [1.29, 1.82) is 0 Å². The van der Waals surface area contributed by atoms with Crippen LogP contribution in [0.25, 0.3) is 0 Å². The molecule has 1 unspecified atom stereocenters. The van der Waals surface area contributed by atoms with Crippen LogP contribution in [0.15, 0.2) is 24.3 Å². The summed E-state index contributed by atoms with van der Waals surface area (Å²) in [4.78, 5) is 14.6. The third-order valence-corrected chi connectivity index (χ3v) is 4.98. The minimum Gasteiger partial charge on any atom is -0.497 e. The molecule has 1 aromatic rings. The number of methoxy groups -OCH3 is 1. The lowest BCUT2D eigenvalue weighted by Gasteiger charge is -2.23. The lowest BCUT2D eigenvalue weighted by molar-refractivity contribution is -0.125. The van der Waals surface area contributed by atoms with Gasteiger partial charge < -0.3 is 20.3 Å². The second-order valence-corrected chi connectivity index (χ2v) is 6.57. The van der Waals surface area contributed by atoms with Crippen molar-refractivity contribution in [3.05, 3.63) is 24.3 Å². The first-order chi connectivity index (χ1) is 11.3. The molecule has 1 aromatic carbocycles. The number of anilines is 1. The fraction of sp³-hybridized carbons (Fsp3) is 0.611. The monoisotopic (exact) mass is 317 g/mol. The maximum atomic E-state index is 12.2. The summed E-state index contributed by atoms with van der Waals surface area (Å²) in [6, 6.07) is 8.20. The molecule has 2 N–H and O–H groups in total. The van der Waals surface area contributed by atoms with Gasteiger partial charge in [0, 0.05) is 37.3 Å². The first-order valence-corrected chi connectivity index (χ1v) is 8.63. The average molecular weight is 317 g/mol. The zero-order valence-electron chi connectivity index (χ0n) is 13.9. The Hall–Kier alpha value is -1.75. The molecule has 5 heteroatoms. The fourth-order valence-corrected chi connectivity index (χ4v) is 3.51.